The molecule has 0 aromatic heterocycles. The van der Waals surface area contributed by atoms with Crippen LogP contribution in [0.15, 0.2) is 54.6 Å². The lowest BCUT2D eigenvalue weighted by molar-refractivity contribution is 0.312. The van der Waals surface area contributed by atoms with Gasteiger partial charge in [-0.05, 0) is 84.7 Å². The second-order valence-electron chi connectivity index (χ2n) is 9.12. The Hall–Kier alpha value is -2.75. The highest BCUT2D eigenvalue weighted by atomic mass is 19.2. The highest BCUT2D eigenvalue weighted by Crippen LogP contribution is 2.39. The second kappa shape index (κ2) is 10.5. The van der Waals surface area contributed by atoms with Gasteiger partial charge in [0.05, 0.1) is 7.11 Å². The second-order valence-corrected chi connectivity index (χ2v) is 9.12. The van der Waals surface area contributed by atoms with Crippen LogP contribution in [0.1, 0.15) is 61.6 Å². The summed E-state index contributed by atoms with van der Waals surface area (Å²) < 4.78 is 48.8. The first-order valence-electron chi connectivity index (χ1n) is 11.9. The Morgan fingerprint density at radius 2 is 1.45 bits per heavy atom. The smallest absolute Gasteiger partial charge is 0.166 e. The molecular formula is C29H31F3O. The summed E-state index contributed by atoms with van der Waals surface area (Å²) in [6, 6.07) is 16.0. The average molecular weight is 453 g/mol. The van der Waals surface area contributed by atoms with Crippen LogP contribution >= 0.6 is 0 Å². The van der Waals surface area contributed by atoms with Crippen molar-refractivity contribution in [2.45, 2.75) is 57.8 Å². The molecule has 0 radical (unpaired) electrons. The van der Waals surface area contributed by atoms with E-state index in [0.717, 1.165) is 55.6 Å². The minimum absolute atomic E-state index is 0.113. The van der Waals surface area contributed by atoms with E-state index in [1.807, 2.05) is 30.3 Å². The van der Waals surface area contributed by atoms with E-state index >= 15 is 0 Å². The van der Waals surface area contributed by atoms with Gasteiger partial charge < -0.3 is 4.74 Å². The lowest BCUT2D eigenvalue weighted by atomic mass is 9.77. The standard InChI is InChI=1S/C29H31F3O/c1-3-19-6-11-22(12-7-19)24-15-16-25(29(32)28(24)31)23-13-8-20(9-14-23)4-5-21-10-17-27(33-2)26(30)18-21/h8-10,13-19,22H,3-7,11-12H2,1-2H3. The lowest BCUT2D eigenvalue weighted by Gasteiger charge is -2.28. The third kappa shape index (κ3) is 5.26. The van der Waals surface area contributed by atoms with Crippen LogP contribution in [0, 0.1) is 23.4 Å². The Balaban J connectivity index is 1.44. The molecule has 0 aliphatic heterocycles. The van der Waals surface area contributed by atoms with E-state index in [4.69, 9.17) is 4.74 Å². The quantitative estimate of drug-likeness (QED) is 0.351. The third-order valence-corrected chi connectivity index (χ3v) is 7.16. The van der Waals surface area contributed by atoms with Gasteiger partial charge in [-0.15, -0.1) is 0 Å². The first-order valence-corrected chi connectivity index (χ1v) is 11.9. The molecule has 0 unspecified atom stereocenters. The molecule has 1 fully saturated rings. The van der Waals surface area contributed by atoms with Gasteiger partial charge in [-0.1, -0.05) is 55.8 Å². The Labute approximate surface area is 194 Å². The molecule has 33 heavy (non-hydrogen) atoms. The molecule has 0 amide bonds. The molecule has 1 aliphatic carbocycles. The molecule has 0 bridgehead atoms. The summed E-state index contributed by atoms with van der Waals surface area (Å²) in [4.78, 5) is 0. The zero-order chi connectivity index (χ0) is 23.4. The predicted molar refractivity (Wildman–Crippen MR) is 127 cm³/mol. The molecule has 1 aliphatic rings. The van der Waals surface area contributed by atoms with Crippen LogP contribution in [0.5, 0.6) is 5.75 Å². The maximum absolute atomic E-state index is 15.0. The lowest BCUT2D eigenvalue weighted by Crippen LogP contribution is -2.14. The molecule has 0 heterocycles. The van der Waals surface area contributed by atoms with Crippen molar-refractivity contribution in [3.05, 3.63) is 88.7 Å². The molecular weight excluding hydrogens is 421 g/mol. The molecule has 0 N–H and O–H groups in total. The van der Waals surface area contributed by atoms with E-state index in [9.17, 15) is 13.2 Å². The number of aryl methyl sites for hydroxylation is 2. The molecule has 3 aromatic carbocycles. The van der Waals surface area contributed by atoms with Crippen LogP contribution < -0.4 is 4.74 Å². The average Bonchev–Trinajstić information content (AvgIpc) is 2.85. The third-order valence-electron chi connectivity index (χ3n) is 7.16. The molecule has 0 spiro atoms. The van der Waals surface area contributed by atoms with E-state index in [1.165, 1.54) is 13.2 Å². The highest BCUT2D eigenvalue weighted by molar-refractivity contribution is 5.65. The summed E-state index contributed by atoms with van der Waals surface area (Å²) >= 11 is 0. The summed E-state index contributed by atoms with van der Waals surface area (Å²) in [5.41, 5.74) is 3.41. The van der Waals surface area contributed by atoms with Gasteiger partial charge in [0.2, 0.25) is 0 Å². The zero-order valence-electron chi connectivity index (χ0n) is 19.3. The van der Waals surface area contributed by atoms with Crippen LogP contribution in [0.4, 0.5) is 13.2 Å². The highest BCUT2D eigenvalue weighted by Gasteiger charge is 2.25. The van der Waals surface area contributed by atoms with Crippen molar-refractivity contribution in [2.75, 3.05) is 7.11 Å². The summed E-state index contributed by atoms with van der Waals surface area (Å²) in [7, 11) is 1.44. The van der Waals surface area contributed by atoms with Crippen molar-refractivity contribution in [3.8, 4) is 16.9 Å². The number of rotatable bonds is 7. The maximum Gasteiger partial charge on any atom is 0.166 e. The van der Waals surface area contributed by atoms with Gasteiger partial charge in [-0.3, -0.25) is 0 Å². The van der Waals surface area contributed by atoms with Gasteiger partial charge in [0.1, 0.15) is 0 Å². The van der Waals surface area contributed by atoms with E-state index in [-0.39, 0.29) is 17.5 Å². The number of benzene rings is 3. The molecule has 0 atom stereocenters. The summed E-state index contributed by atoms with van der Waals surface area (Å²) in [6.07, 6.45) is 6.61. The summed E-state index contributed by atoms with van der Waals surface area (Å²) in [5, 5.41) is 0. The van der Waals surface area contributed by atoms with Gasteiger partial charge >= 0.3 is 0 Å². The zero-order valence-corrected chi connectivity index (χ0v) is 19.3. The van der Waals surface area contributed by atoms with Gasteiger partial charge in [-0.2, -0.15) is 0 Å². The van der Waals surface area contributed by atoms with Crippen molar-refractivity contribution in [2.24, 2.45) is 5.92 Å². The van der Waals surface area contributed by atoms with Crippen LogP contribution in [0.3, 0.4) is 0 Å². The normalized spacial score (nSPS) is 18.3. The van der Waals surface area contributed by atoms with E-state index < -0.39 is 11.6 Å². The minimum atomic E-state index is -0.758. The number of halogens is 3. The Morgan fingerprint density at radius 3 is 2.09 bits per heavy atom. The fourth-order valence-electron chi connectivity index (χ4n) is 4.99. The number of methoxy groups -OCH3 is 1. The fourth-order valence-corrected chi connectivity index (χ4v) is 4.99. The number of hydrogen-bond acceptors (Lipinski definition) is 1. The number of ether oxygens (including phenoxy) is 1. The monoisotopic (exact) mass is 452 g/mol. The first kappa shape index (κ1) is 23.4. The van der Waals surface area contributed by atoms with Crippen molar-refractivity contribution >= 4 is 0 Å². The molecule has 1 saturated carbocycles. The molecule has 0 saturated heterocycles. The number of hydrogen-bond donors (Lipinski definition) is 0. The molecule has 1 nitrogen and oxygen atoms in total. The van der Waals surface area contributed by atoms with Crippen molar-refractivity contribution < 1.29 is 17.9 Å². The largest absolute Gasteiger partial charge is 0.494 e. The molecule has 4 heteroatoms. The van der Waals surface area contributed by atoms with Crippen LogP contribution in [0.25, 0.3) is 11.1 Å². The molecule has 4 rings (SSSR count). The van der Waals surface area contributed by atoms with E-state index in [2.05, 4.69) is 6.92 Å². The summed E-state index contributed by atoms with van der Waals surface area (Å²) in [6.45, 7) is 2.20. The maximum atomic E-state index is 15.0. The Bertz CT molecular complexity index is 1080. The van der Waals surface area contributed by atoms with Crippen molar-refractivity contribution in [3.63, 3.8) is 0 Å². The van der Waals surface area contributed by atoms with Crippen LogP contribution in [-0.4, -0.2) is 7.11 Å². The Kier molecular flexibility index (Phi) is 7.42. The van der Waals surface area contributed by atoms with E-state index in [0.29, 0.717) is 23.1 Å². The van der Waals surface area contributed by atoms with Crippen molar-refractivity contribution in [1.29, 1.82) is 0 Å². The van der Waals surface area contributed by atoms with Gasteiger partial charge in [0.25, 0.3) is 0 Å². The Morgan fingerprint density at radius 1 is 0.788 bits per heavy atom. The predicted octanol–water partition coefficient (Wildman–Crippen LogP) is 8.25. The van der Waals surface area contributed by atoms with Crippen molar-refractivity contribution in [1.82, 2.24) is 0 Å². The van der Waals surface area contributed by atoms with Gasteiger partial charge in [-0.25, -0.2) is 13.2 Å². The fraction of sp³-hybridized carbons (Fsp3) is 0.379. The SMILES string of the molecule is CCC1CCC(c2ccc(-c3ccc(CCc4ccc(OC)c(F)c4)cc3)c(F)c2F)CC1. The topological polar surface area (TPSA) is 9.23 Å². The molecule has 174 valence electrons. The molecule has 3 aromatic rings. The van der Waals surface area contributed by atoms with Gasteiger partial charge in [0, 0.05) is 5.56 Å². The van der Waals surface area contributed by atoms with Crippen LogP contribution in [0.2, 0.25) is 0 Å². The van der Waals surface area contributed by atoms with Crippen LogP contribution in [-0.2, 0) is 12.8 Å². The first-order chi connectivity index (χ1) is 16.0. The minimum Gasteiger partial charge on any atom is -0.494 e. The van der Waals surface area contributed by atoms with Gasteiger partial charge in [0.15, 0.2) is 23.2 Å². The summed E-state index contributed by atoms with van der Waals surface area (Å²) in [5.74, 6) is -0.761. The van der Waals surface area contributed by atoms with E-state index in [1.54, 1.807) is 18.2 Å².